The van der Waals surface area contributed by atoms with Crippen LogP contribution in [-0.4, -0.2) is 38.5 Å². The minimum atomic E-state index is -0.159. The van der Waals surface area contributed by atoms with Crippen molar-refractivity contribution in [3.05, 3.63) is 35.4 Å². The summed E-state index contributed by atoms with van der Waals surface area (Å²) in [7, 11) is 1.87. The van der Waals surface area contributed by atoms with Crippen LogP contribution >= 0.6 is 0 Å². The molecule has 0 aliphatic carbocycles. The normalized spacial score (nSPS) is 21.3. The second kappa shape index (κ2) is 6.95. The molecule has 2 aromatic heterocycles. The van der Waals surface area contributed by atoms with Gasteiger partial charge >= 0.3 is 0 Å². The zero-order valence-electron chi connectivity index (χ0n) is 13.6. The van der Waals surface area contributed by atoms with E-state index in [0.29, 0.717) is 12.3 Å². The van der Waals surface area contributed by atoms with Crippen LogP contribution in [0.15, 0.2) is 18.5 Å². The Balaban J connectivity index is 1.69. The molecular weight excluding hydrogens is 294 g/mol. The highest BCUT2D eigenvalue weighted by Crippen LogP contribution is 2.28. The van der Waals surface area contributed by atoms with Crippen LogP contribution in [0.3, 0.4) is 0 Å². The summed E-state index contributed by atoms with van der Waals surface area (Å²) in [5, 5.41) is 14.3. The number of hydrogen-bond acceptors (Lipinski definition) is 4. The first-order chi connectivity index (χ1) is 11.2. The third-order valence-electron chi connectivity index (χ3n) is 4.08. The summed E-state index contributed by atoms with van der Waals surface area (Å²) < 4.78 is 7.62. The average Bonchev–Trinajstić information content (AvgIpc) is 3.17. The van der Waals surface area contributed by atoms with E-state index < -0.39 is 0 Å². The van der Waals surface area contributed by atoms with E-state index >= 15 is 0 Å². The van der Waals surface area contributed by atoms with Crippen LogP contribution in [0, 0.1) is 0 Å². The molecular formula is C16H23N5O2. The number of amides is 1. The van der Waals surface area contributed by atoms with Crippen molar-refractivity contribution in [2.75, 3.05) is 6.61 Å². The maximum absolute atomic E-state index is 12.4. The number of hydrogen-bond donors (Lipinski definition) is 2. The van der Waals surface area contributed by atoms with Gasteiger partial charge in [0.2, 0.25) is 0 Å². The number of ether oxygens (including phenoxy) is 1. The van der Waals surface area contributed by atoms with E-state index in [1.807, 2.05) is 19.3 Å². The van der Waals surface area contributed by atoms with Crippen molar-refractivity contribution in [2.45, 2.75) is 44.8 Å². The third kappa shape index (κ3) is 3.61. The fourth-order valence-corrected chi connectivity index (χ4v) is 2.96. The molecule has 1 aliphatic heterocycles. The van der Waals surface area contributed by atoms with Crippen molar-refractivity contribution in [1.29, 1.82) is 0 Å². The number of rotatable bonds is 5. The van der Waals surface area contributed by atoms with Gasteiger partial charge in [0.1, 0.15) is 11.8 Å². The highest BCUT2D eigenvalue weighted by molar-refractivity contribution is 5.92. The van der Waals surface area contributed by atoms with E-state index in [1.165, 1.54) is 0 Å². The highest BCUT2D eigenvalue weighted by atomic mass is 16.5. The predicted molar refractivity (Wildman–Crippen MR) is 85.0 cm³/mol. The van der Waals surface area contributed by atoms with E-state index in [1.54, 1.807) is 10.9 Å². The minimum absolute atomic E-state index is 0.0632. The fraction of sp³-hybridized carbons (Fsp3) is 0.562. The zero-order valence-corrected chi connectivity index (χ0v) is 13.6. The Morgan fingerprint density at radius 3 is 3.17 bits per heavy atom. The topological polar surface area (TPSA) is 84.8 Å². The molecule has 7 heteroatoms. The molecule has 23 heavy (non-hydrogen) atoms. The molecule has 3 heterocycles. The molecule has 124 valence electrons. The Morgan fingerprint density at radius 2 is 2.43 bits per heavy atom. The largest absolute Gasteiger partial charge is 0.371 e. The van der Waals surface area contributed by atoms with E-state index in [2.05, 4.69) is 27.5 Å². The molecule has 3 rings (SSSR count). The second-order valence-corrected chi connectivity index (χ2v) is 5.99. The summed E-state index contributed by atoms with van der Waals surface area (Å²) in [5.41, 5.74) is 2.41. The second-order valence-electron chi connectivity index (χ2n) is 5.99. The first-order valence-corrected chi connectivity index (χ1v) is 8.12. The SMILES string of the molecule is CCCc1cc(C(=O)N[C@H]2CCCO[C@@H]2c2cnn(C)c2)n[nH]1. The van der Waals surface area contributed by atoms with E-state index in [-0.39, 0.29) is 18.1 Å². The molecule has 0 bridgehead atoms. The number of nitrogens with one attached hydrogen (secondary N) is 2. The smallest absolute Gasteiger partial charge is 0.272 e. The maximum atomic E-state index is 12.4. The molecule has 2 atom stereocenters. The Hall–Kier alpha value is -2.15. The number of carbonyl (C=O) groups is 1. The van der Waals surface area contributed by atoms with Crippen LogP contribution in [0.4, 0.5) is 0 Å². The van der Waals surface area contributed by atoms with Crippen LogP contribution in [0.1, 0.15) is 54.0 Å². The summed E-state index contributed by atoms with van der Waals surface area (Å²) in [6, 6.07) is 1.76. The number of nitrogens with zero attached hydrogens (tertiary/aromatic N) is 3. The van der Waals surface area contributed by atoms with Gasteiger partial charge in [0.05, 0.1) is 12.2 Å². The molecule has 0 unspecified atom stereocenters. The molecule has 0 aromatic carbocycles. The maximum Gasteiger partial charge on any atom is 0.272 e. The molecule has 1 fully saturated rings. The molecule has 1 amide bonds. The first-order valence-electron chi connectivity index (χ1n) is 8.12. The lowest BCUT2D eigenvalue weighted by atomic mass is 9.98. The van der Waals surface area contributed by atoms with Crippen molar-refractivity contribution in [3.8, 4) is 0 Å². The summed E-state index contributed by atoms with van der Waals surface area (Å²) in [5.74, 6) is -0.159. The van der Waals surface area contributed by atoms with Crippen molar-refractivity contribution in [3.63, 3.8) is 0 Å². The zero-order chi connectivity index (χ0) is 16.2. The quantitative estimate of drug-likeness (QED) is 0.880. The predicted octanol–water partition coefficient (Wildman–Crippen LogP) is 1.75. The van der Waals surface area contributed by atoms with Gasteiger partial charge in [-0.25, -0.2) is 0 Å². The lowest BCUT2D eigenvalue weighted by Crippen LogP contribution is -2.42. The van der Waals surface area contributed by atoms with Gasteiger partial charge in [0.25, 0.3) is 5.91 Å². The van der Waals surface area contributed by atoms with Gasteiger partial charge in [0.15, 0.2) is 0 Å². The van der Waals surface area contributed by atoms with Gasteiger partial charge in [-0.3, -0.25) is 14.6 Å². The van der Waals surface area contributed by atoms with Gasteiger partial charge in [-0.2, -0.15) is 10.2 Å². The van der Waals surface area contributed by atoms with Crippen molar-refractivity contribution < 1.29 is 9.53 Å². The summed E-state index contributed by atoms with van der Waals surface area (Å²) in [4.78, 5) is 12.4. The summed E-state index contributed by atoms with van der Waals surface area (Å²) in [6.07, 6.45) is 7.30. The summed E-state index contributed by atoms with van der Waals surface area (Å²) >= 11 is 0. The van der Waals surface area contributed by atoms with Crippen LogP contribution < -0.4 is 5.32 Å². The number of H-pyrrole nitrogens is 1. The third-order valence-corrected chi connectivity index (χ3v) is 4.08. The summed E-state index contributed by atoms with van der Waals surface area (Å²) in [6.45, 7) is 2.80. The van der Waals surface area contributed by atoms with Crippen LogP contribution in [0.25, 0.3) is 0 Å². The van der Waals surface area contributed by atoms with Crippen molar-refractivity contribution in [1.82, 2.24) is 25.3 Å². The Morgan fingerprint density at radius 1 is 1.57 bits per heavy atom. The van der Waals surface area contributed by atoms with Gasteiger partial charge in [-0.05, 0) is 25.3 Å². The Bertz CT molecular complexity index is 663. The minimum Gasteiger partial charge on any atom is -0.371 e. The molecule has 1 saturated heterocycles. The van der Waals surface area contributed by atoms with Crippen LogP contribution in [-0.2, 0) is 18.2 Å². The van der Waals surface area contributed by atoms with Gasteiger partial charge in [-0.1, -0.05) is 13.3 Å². The Labute approximate surface area is 135 Å². The van der Waals surface area contributed by atoms with Gasteiger partial charge < -0.3 is 10.1 Å². The number of aromatic amines is 1. The molecule has 1 aliphatic rings. The molecule has 7 nitrogen and oxygen atoms in total. The van der Waals surface area contributed by atoms with Crippen molar-refractivity contribution in [2.24, 2.45) is 7.05 Å². The van der Waals surface area contributed by atoms with E-state index in [4.69, 9.17) is 4.74 Å². The fourth-order valence-electron chi connectivity index (χ4n) is 2.96. The molecule has 0 radical (unpaired) electrons. The highest BCUT2D eigenvalue weighted by Gasteiger charge is 2.30. The molecule has 0 spiro atoms. The lowest BCUT2D eigenvalue weighted by Gasteiger charge is -2.31. The number of aryl methyl sites for hydroxylation is 2. The van der Waals surface area contributed by atoms with Crippen LogP contribution in [0.2, 0.25) is 0 Å². The lowest BCUT2D eigenvalue weighted by molar-refractivity contribution is -0.00955. The number of aromatic nitrogens is 4. The molecule has 2 N–H and O–H groups in total. The van der Waals surface area contributed by atoms with Gasteiger partial charge in [0, 0.05) is 31.1 Å². The van der Waals surface area contributed by atoms with Crippen molar-refractivity contribution >= 4 is 5.91 Å². The monoisotopic (exact) mass is 317 g/mol. The van der Waals surface area contributed by atoms with E-state index in [0.717, 1.165) is 36.9 Å². The van der Waals surface area contributed by atoms with E-state index in [9.17, 15) is 4.79 Å². The van der Waals surface area contributed by atoms with Gasteiger partial charge in [-0.15, -0.1) is 0 Å². The first kappa shape index (κ1) is 15.7. The number of carbonyl (C=O) groups excluding carboxylic acids is 1. The standard InChI is InChI=1S/C16H23N5O2/c1-3-5-12-8-14(20-19-12)16(22)18-13-6-4-7-23-15(13)11-9-17-21(2)10-11/h8-10,13,15H,3-7H2,1-2H3,(H,18,22)(H,19,20)/t13-,15+/m0/s1. The molecule has 2 aromatic rings. The molecule has 0 saturated carbocycles. The van der Waals surface area contributed by atoms with Crippen LogP contribution in [0.5, 0.6) is 0 Å². The Kier molecular flexibility index (Phi) is 4.76. The average molecular weight is 317 g/mol.